The van der Waals surface area contributed by atoms with Crippen LogP contribution in [0.25, 0.3) is 0 Å². The first-order chi connectivity index (χ1) is 7.02. The maximum atomic E-state index is 7.75. The Bertz CT molecular complexity index is 325. The van der Waals surface area contributed by atoms with E-state index in [4.69, 9.17) is 10.1 Å². The van der Waals surface area contributed by atoms with Crippen LogP contribution in [0.15, 0.2) is 22.8 Å². The molecule has 2 nitrogen and oxygen atoms in total. The van der Waals surface area contributed by atoms with Gasteiger partial charge in [-0.05, 0) is 19.3 Å². The van der Waals surface area contributed by atoms with Crippen LogP contribution >= 0.6 is 0 Å². The molecule has 15 heavy (non-hydrogen) atoms. The molecule has 1 N–H and O–H groups in total. The van der Waals surface area contributed by atoms with Crippen LogP contribution in [0.1, 0.15) is 34.1 Å². The predicted octanol–water partition coefficient (Wildman–Crippen LogP) is 3.55. The van der Waals surface area contributed by atoms with Crippen molar-refractivity contribution >= 4 is 5.90 Å². The molecule has 2 unspecified atom stereocenters. The number of methoxy groups -OCH3 is 1. The third-order valence-corrected chi connectivity index (χ3v) is 3.45. The molecule has 0 aromatic carbocycles. The minimum absolute atomic E-state index is 0.309. The Kier molecular flexibility index (Phi) is 3.72. The maximum Gasteiger partial charge on any atom is 0.209 e. The van der Waals surface area contributed by atoms with Crippen molar-refractivity contribution in [2.45, 2.75) is 34.1 Å². The summed E-state index contributed by atoms with van der Waals surface area (Å²) < 4.78 is 5.02. The van der Waals surface area contributed by atoms with Gasteiger partial charge in [0.25, 0.3) is 0 Å². The number of ether oxygens (including phenoxy) is 1. The van der Waals surface area contributed by atoms with Gasteiger partial charge in [-0.25, -0.2) is 0 Å². The van der Waals surface area contributed by atoms with Gasteiger partial charge in [-0.3, -0.25) is 5.41 Å². The SMILES string of the molecule is CCC1=C(C)C(C)C(C(=N)OC)=CC1C. The number of hydrogen-bond donors (Lipinski definition) is 1. The third-order valence-electron chi connectivity index (χ3n) is 3.45. The Balaban J connectivity index is 3.04. The molecule has 2 heteroatoms. The lowest BCUT2D eigenvalue weighted by Crippen LogP contribution is -2.20. The Labute approximate surface area is 92.5 Å². The van der Waals surface area contributed by atoms with E-state index < -0.39 is 0 Å². The summed E-state index contributed by atoms with van der Waals surface area (Å²) in [4.78, 5) is 0. The minimum Gasteiger partial charge on any atom is -0.481 e. The monoisotopic (exact) mass is 207 g/mol. The molecule has 0 bridgehead atoms. The Morgan fingerprint density at radius 3 is 2.53 bits per heavy atom. The topological polar surface area (TPSA) is 33.1 Å². The maximum absolute atomic E-state index is 7.75. The minimum atomic E-state index is 0.309. The van der Waals surface area contributed by atoms with Gasteiger partial charge >= 0.3 is 0 Å². The van der Waals surface area contributed by atoms with Gasteiger partial charge in [0.2, 0.25) is 5.90 Å². The second-order valence-corrected chi connectivity index (χ2v) is 4.23. The number of rotatable bonds is 2. The normalized spacial score (nSPS) is 26.3. The van der Waals surface area contributed by atoms with E-state index in [1.807, 2.05) is 0 Å². The van der Waals surface area contributed by atoms with Crippen LogP contribution in [0, 0.1) is 17.2 Å². The van der Waals surface area contributed by atoms with Gasteiger partial charge in [-0.2, -0.15) is 0 Å². The summed E-state index contributed by atoms with van der Waals surface area (Å²) in [6.07, 6.45) is 3.27. The van der Waals surface area contributed by atoms with Crippen molar-refractivity contribution in [3.8, 4) is 0 Å². The predicted molar refractivity (Wildman–Crippen MR) is 64.1 cm³/mol. The molecule has 0 spiro atoms. The second-order valence-electron chi connectivity index (χ2n) is 4.23. The fourth-order valence-electron chi connectivity index (χ4n) is 2.38. The fourth-order valence-corrected chi connectivity index (χ4v) is 2.38. The Morgan fingerprint density at radius 2 is 2.07 bits per heavy atom. The van der Waals surface area contributed by atoms with Gasteiger partial charge in [0, 0.05) is 11.5 Å². The standard InChI is InChI=1S/C13H21NO/c1-6-11-8(2)7-12(13(14)15-5)10(4)9(11)3/h7-8,10,14H,6H2,1-5H3. The lowest BCUT2D eigenvalue weighted by Gasteiger charge is -2.28. The number of nitrogens with one attached hydrogen (secondary N) is 1. The lowest BCUT2D eigenvalue weighted by atomic mass is 9.78. The van der Waals surface area contributed by atoms with Gasteiger partial charge in [0.15, 0.2) is 0 Å². The van der Waals surface area contributed by atoms with E-state index in [2.05, 4.69) is 33.8 Å². The highest BCUT2D eigenvalue weighted by Crippen LogP contribution is 2.35. The van der Waals surface area contributed by atoms with Crippen molar-refractivity contribution in [3.05, 3.63) is 22.8 Å². The van der Waals surface area contributed by atoms with Crippen LogP contribution in [0.5, 0.6) is 0 Å². The Hall–Kier alpha value is -1.05. The zero-order chi connectivity index (χ0) is 11.6. The first-order valence-corrected chi connectivity index (χ1v) is 5.57. The van der Waals surface area contributed by atoms with Crippen molar-refractivity contribution in [2.75, 3.05) is 7.11 Å². The molecule has 0 radical (unpaired) electrons. The molecule has 0 heterocycles. The zero-order valence-corrected chi connectivity index (χ0v) is 10.3. The molecule has 0 saturated carbocycles. The van der Waals surface area contributed by atoms with E-state index in [1.165, 1.54) is 11.1 Å². The van der Waals surface area contributed by atoms with Crippen molar-refractivity contribution < 1.29 is 4.74 Å². The molecule has 0 amide bonds. The zero-order valence-electron chi connectivity index (χ0n) is 10.3. The second kappa shape index (κ2) is 4.65. The first-order valence-electron chi connectivity index (χ1n) is 5.57. The van der Waals surface area contributed by atoms with Gasteiger partial charge < -0.3 is 4.74 Å². The molecule has 0 fully saturated rings. The van der Waals surface area contributed by atoms with Gasteiger partial charge in [0.1, 0.15) is 0 Å². The summed E-state index contributed by atoms with van der Waals surface area (Å²) in [5, 5.41) is 7.75. The third kappa shape index (κ3) is 2.14. The van der Waals surface area contributed by atoms with E-state index in [9.17, 15) is 0 Å². The molecular formula is C13H21NO. The molecule has 1 rings (SSSR count). The summed E-state index contributed by atoms with van der Waals surface area (Å²) in [5.74, 6) is 1.07. The van der Waals surface area contributed by atoms with Gasteiger partial charge in [0.05, 0.1) is 7.11 Å². The van der Waals surface area contributed by atoms with Crippen molar-refractivity contribution in [1.29, 1.82) is 5.41 Å². The van der Waals surface area contributed by atoms with E-state index >= 15 is 0 Å². The molecule has 1 aliphatic carbocycles. The lowest BCUT2D eigenvalue weighted by molar-refractivity contribution is 0.394. The van der Waals surface area contributed by atoms with E-state index in [0.29, 0.717) is 17.7 Å². The highest BCUT2D eigenvalue weighted by Gasteiger charge is 2.25. The van der Waals surface area contributed by atoms with Crippen LogP contribution in [-0.2, 0) is 4.74 Å². The molecule has 0 aliphatic heterocycles. The molecule has 0 aromatic heterocycles. The van der Waals surface area contributed by atoms with Crippen LogP contribution in [0.4, 0.5) is 0 Å². The van der Waals surface area contributed by atoms with Gasteiger partial charge in [-0.1, -0.05) is 38.0 Å². The first kappa shape index (κ1) is 12.0. The summed E-state index contributed by atoms with van der Waals surface area (Å²) in [6, 6.07) is 0. The van der Waals surface area contributed by atoms with Crippen LogP contribution in [-0.4, -0.2) is 13.0 Å². The summed E-state index contributed by atoms with van der Waals surface area (Å²) >= 11 is 0. The molecule has 0 aromatic rings. The summed E-state index contributed by atoms with van der Waals surface area (Å²) in [6.45, 7) is 8.71. The highest BCUT2D eigenvalue weighted by atomic mass is 16.5. The molecule has 84 valence electrons. The highest BCUT2D eigenvalue weighted by molar-refractivity contribution is 5.92. The molecule has 2 atom stereocenters. The Morgan fingerprint density at radius 1 is 1.47 bits per heavy atom. The van der Waals surface area contributed by atoms with Crippen molar-refractivity contribution in [1.82, 2.24) is 0 Å². The average molecular weight is 207 g/mol. The fraction of sp³-hybridized carbons (Fsp3) is 0.615. The summed E-state index contributed by atoms with van der Waals surface area (Å²) in [7, 11) is 1.56. The van der Waals surface area contributed by atoms with E-state index in [-0.39, 0.29) is 0 Å². The van der Waals surface area contributed by atoms with Crippen LogP contribution in [0.3, 0.4) is 0 Å². The molecule has 0 saturated heterocycles. The van der Waals surface area contributed by atoms with E-state index in [0.717, 1.165) is 12.0 Å². The smallest absolute Gasteiger partial charge is 0.209 e. The number of allylic oxidation sites excluding steroid dienone is 3. The van der Waals surface area contributed by atoms with Gasteiger partial charge in [-0.15, -0.1) is 0 Å². The van der Waals surface area contributed by atoms with Crippen molar-refractivity contribution in [2.24, 2.45) is 11.8 Å². The molecule has 1 aliphatic rings. The summed E-state index contributed by atoms with van der Waals surface area (Å²) in [5.41, 5.74) is 3.94. The van der Waals surface area contributed by atoms with Crippen LogP contribution < -0.4 is 0 Å². The van der Waals surface area contributed by atoms with Crippen molar-refractivity contribution in [3.63, 3.8) is 0 Å². The quantitative estimate of drug-likeness (QED) is 0.419. The largest absolute Gasteiger partial charge is 0.481 e. The van der Waals surface area contributed by atoms with Crippen LogP contribution in [0.2, 0.25) is 0 Å². The average Bonchev–Trinajstić information content (AvgIpc) is 2.23. The number of hydrogen-bond acceptors (Lipinski definition) is 2. The van der Waals surface area contributed by atoms with E-state index in [1.54, 1.807) is 7.11 Å². The molecular weight excluding hydrogens is 186 g/mol.